The quantitative estimate of drug-likeness (QED) is 0.485. The number of benzene rings is 1. The Balaban J connectivity index is 2.90. The van der Waals surface area contributed by atoms with Gasteiger partial charge in [0.05, 0.1) is 11.5 Å². The lowest BCUT2D eigenvalue weighted by atomic mass is 10.1. The second-order valence-corrected chi connectivity index (χ2v) is 6.08. The number of nitrogens with zero attached hydrogens (tertiary/aromatic N) is 1. The van der Waals surface area contributed by atoms with Crippen LogP contribution in [0, 0.1) is 10.1 Å². The van der Waals surface area contributed by atoms with Gasteiger partial charge in [0.25, 0.3) is 5.69 Å². The summed E-state index contributed by atoms with van der Waals surface area (Å²) in [5.41, 5.74) is -0.278. The first-order valence-electron chi connectivity index (χ1n) is 7.52. The number of carbonyl (C=O) groups excluding carboxylic acids is 2. The molecule has 1 amide bonds. The molecule has 1 N–H and O–H groups in total. The molecule has 0 aromatic heterocycles. The number of hydrogen-bond acceptors (Lipinski definition) is 6. The Labute approximate surface area is 140 Å². The molecule has 0 heterocycles. The summed E-state index contributed by atoms with van der Waals surface area (Å²) in [4.78, 5) is 34.2. The molecule has 0 aliphatic rings. The Kier molecular flexibility index (Phi) is 6.69. The maximum Gasteiger partial charge on any atom is 0.408 e. The molecular formula is C16H22N2O6. The summed E-state index contributed by atoms with van der Waals surface area (Å²) in [6.07, 6.45) is -0.703. The zero-order valence-electron chi connectivity index (χ0n) is 14.2. The third-order valence-corrected chi connectivity index (χ3v) is 2.82. The summed E-state index contributed by atoms with van der Waals surface area (Å²) >= 11 is 0. The predicted octanol–water partition coefficient (Wildman–Crippen LogP) is 2.59. The highest BCUT2D eigenvalue weighted by Gasteiger charge is 2.26. The van der Waals surface area contributed by atoms with Crippen molar-refractivity contribution in [3.8, 4) is 0 Å². The molecule has 0 aliphatic carbocycles. The van der Waals surface area contributed by atoms with Gasteiger partial charge in [-0.1, -0.05) is 12.1 Å². The Morgan fingerprint density at radius 2 is 2.00 bits per heavy atom. The smallest absolute Gasteiger partial charge is 0.408 e. The monoisotopic (exact) mass is 338 g/mol. The number of esters is 1. The van der Waals surface area contributed by atoms with Gasteiger partial charge in [-0.25, -0.2) is 9.59 Å². The summed E-state index contributed by atoms with van der Waals surface area (Å²) in [7, 11) is 0. The summed E-state index contributed by atoms with van der Waals surface area (Å²) in [5.74, 6) is -0.630. The highest BCUT2D eigenvalue weighted by Crippen LogP contribution is 2.15. The number of rotatable bonds is 6. The molecule has 24 heavy (non-hydrogen) atoms. The molecule has 0 bridgehead atoms. The third kappa shape index (κ3) is 6.64. The van der Waals surface area contributed by atoms with Gasteiger partial charge in [-0.05, 0) is 33.3 Å². The van der Waals surface area contributed by atoms with Gasteiger partial charge in [0.15, 0.2) is 0 Å². The van der Waals surface area contributed by atoms with E-state index >= 15 is 0 Å². The van der Waals surface area contributed by atoms with Crippen molar-refractivity contribution in [2.75, 3.05) is 6.61 Å². The molecule has 0 radical (unpaired) electrons. The topological polar surface area (TPSA) is 108 Å². The van der Waals surface area contributed by atoms with Crippen LogP contribution >= 0.6 is 0 Å². The van der Waals surface area contributed by atoms with Crippen molar-refractivity contribution in [1.29, 1.82) is 0 Å². The first-order chi connectivity index (χ1) is 11.1. The minimum Gasteiger partial charge on any atom is -0.464 e. The number of amides is 1. The van der Waals surface area contributed by atoms with Crippen LogP contribution in [-0.2, 0) is 20.7 Å². The van der Waals surface area contributed by atoms with Crippen molar-refractivity contribution in [2.45, 2.75) is 45.8 Å². The van der Waals surface area contributed by atoms with E-state index in [0.29, 0.717) is 5.56 Å². The molecule has 1 rings (SSSR count). The van der Waals surface area contributed by atoms with Crippen molar-refractivity contribution in [2.24, 2.45) is 0 Å². The molecule has 0 spiro atoms. The maximum atomic E-state index is 12.0. The van der Waals surface area contributed by atoms with Crippen LogP contribution in [0.5, 0.6) is 0 Å². The average Bonchev–Trinajstić information content (AvgIpc) is 2.45. The van der Waals surface area contributed by atoms with Crippen LogP contribution in [0.25, 0.3) is 0 Å². The number of carbonyl (C=O) groups is 2. The van der Waals surface area contributed by atoms with Gasteiger partial charge < -0.3 is 14.8 Å². The fourth-order valence-electron chi connectivity index (χ4n) is 1.92. The summed E-state index contributed by atoms with van der Waals surface area (Å²) < 4.78 is 10.1. The normalized spacial score (nSPS) is 12.2. The molecule has 0 fully saturated rings. The van der Waals surface area contributed by atoms with E-state index in [0.717, 1.165) is 0 Å². The van der Waals surface area contributed by atoms with Crippen molar-refractivity contribution < 1.29 is 24.0 Å². The molecule has 132 valence electrons. The SMILES string of the molecule is CCOC(=O)[C@@H](Cc1cccc([N+](=O)[O-])c1)NC(=O)OC(C)(C)C. The third-order valence-electron chi connectivity index (χ3n) is 2.82. The van der Waals surface area contributed by atoms with Crippen LogP contribution in [0.2, 0.25) is 0 Å². The van der Waals surface area contributed by atoms with E-state index in [9.17, 15) is 19.7 Å². The molecule has 1 atom stereocenters. The fourth-order valence-corrected chi connectivity index (χ4v) is 1.92. The van der Waals surface area contributed by atoms with Crippen molar-refractivity contribution >= 4 is 17.7 Å². The maximum absolute atomic E-state index is 12.0. The number of alkyl carbamates (subject to hydrolysis) is 1. The van der Waals surface area contributed by atoms with Gasteiger partial charge in [0, 0.05) is 18.6 Å². The van der Waals surface area contributed by atoms with E-state index in [1.54, 1.807) is 33.8 Å². The number of nitro benzene ring substituents is 1. The van der Waals surface area contributed by atoms with E-state index in [1.165, 1.54) is 18.2 Å². The van der Waals surface area contributed by atoms with Gasteiger partial charge in [-0.15, -0.1) is 0 Å². The molecule has 0 aliphatic heterocycles. The van der Waals surface area contributed by atoms with Crippen molar-refractivity contribution in [3.63, 3.8) is 0 Å². The Morgan fingerprint density at radius 3 is 2.54 bits per heavy atom. The standard InChI is InChI=1S/C16H22N2O6/c1-5-23-14(19)13(17-15(20)24-16(2,3)4)10-11-7-6-8-12(9-11)18(21)22/h6-9,13H,5,10H2,1-4H3,(H,17,20)/t13-/m1/s1. The van der Waals surface area contributed by atoms with E-state index in [2.05, 4.69) is 5.32 Å². The average molecular weight is 338 g/mol. The highest BCUT2D eigenvalue weighted by atomic mass is 16.6. The predicted molar refractivity (Wildman–Crippen MR) is 86.6 cm³/mol. The fraction of sp³-hybridized carbons (Fsp3) is 0.500. The van der Waals surface area contributed by atoms with Gasteiger partial charge in [-0.2, -0.15) is 0 Å². The number of nitro groups is 1. The first-order valence-corrected chi connectivity index (χ1v) is 7.52. The zero-order valence-corrected chi connectivity index (χ0v) is 14.2. The van der Waals surface area contributed by atoms with Crippen LogP contribution in [0.15, 0.2) is 24.3 Å². The molecule has 8 nitrogen and oxygen atoms in total. The molecule has 0 unspecified atom stereocenters. The lowest BCUT2D eigenvalue weighted by molar-refractivity contribution is -0.384. The van der Waals surface area contributed by atoms with Crippen molar-refractivity contribution in [3.05, 3.63) is 39.9 Å². The van der Waals surface area contributed by atoms with Gasteiger partial charge in [0.1, 0.15) is 11.6 Å². The second-order valence-electron chi connectivity index (χ2n) is 6.08. The van der Waals surface area contributed by atoms with Crippen LogP contribution in [0.3, 0.4) is 0 Å². The Hall–Kier alpha value is -2.64. The van der Waals surface area contributed by atoms with Crippen LogP contribution in [0.1, 0.15) is 33.3 Å². The van der Waals surface area contributed by atoms with Gasteiger partial charge in [-0.3, -0.25) is 10.1 Å². The molecule has 1 aromatic carbocycles. The van der Waals surface area contributed by atoms with E-state index in [4.69, 9.17) is 9.47 Å². The number of hydrogen-bond donors (Lipinski definition) is 1. The highest BCUT2D eigenvalue weighted by molar-refractivity contribution is 5.81. The second kappa shape index (κ2) is 8.28. The van der Waals surface area contributed by atoms with Crippen LogP contribution in [-0.4, -0.2) is 35.2 Å². The molecular weight excluding hydrogens is 316 g/mol. The van der Waals surface area contributed by atoms with Gasteiger partial charge in [0.2, 0.25) is 0 Å². The number of nitrogens with one attached hydrogen (secondary N) is 1. The molecule has 0 saturated heterocycles. The summed E-state index contributed by atoms with van der Waals surface area (Å²) in [6.45, 7) is 6.90. The first kappa shape index (κ1) is 19.4. The number of ether oxygens (including phenoxy) is 2. The minimum absolute atomic E-state index is 0.0553. The lowest BCUT2D eigenvalue weighted by Crippen LogP contribution is -2.45. The molecule has 0 saturated carbocycles. The lowest BCUT2D eigenvalue weighted by Gasteiger charge is -2.23. The van der Waals surface area contributed by atoms with Crippen LogP contribution < -0.4 is 5.32 Å². The van der Waals surface area contributed by atoms with E-state index in [1.807, 2.05) is 0 Å². The van der Waals surface area contributed by atoms with Gasteiger partial charge >= 0.3 is 12.1 Å². The molecule has 8 heteroatoms. The Bertz CT molecular complexity index is 609. The number of non-ortho nitro benzene ring substituents is 1. The minimum atomic E-state index is -0.998. The molecule has 1 aromatic rings. The van der Waals surface area contributed by atoms with E-state index in [-0.39, 0.29) is 18.7 Å². The largest absolute Gasteiger partial charge is 0.464 e. The van der Waals surface area contributed by atoms with Crippen LogP contribution in [0.4, 0.5) is 10.5 Å². The summed E-state index contributed by atoms with van der Waals surface area (Å²) in [6, 6.07) is 4.86. The Morgan fingerprint density at radius 1 is 1.33 bits per heavy atom. The summed E-state index contributed by atoms with van der Waals surface area (Å²) in [5, 5.41) is 13.3. The zero-order chi connectivity index (χ0) is 18.3. The van der Waals surface area contributed by atoms with Crippen molar-refractivity contribution in [1.82, 2.24) is 5.32 Å². The van der Waals surface area contributed by atoms with E-state index < -0.39 is 28.6 Å².